The standard InChI is InChI=1S/C28H31F7N4O2/c1-17-5-4-6-18(2)23(17)39-15-26(19(3)24(39)40,14-37-7-9-38(10-8-37)16-27(30,31)32)25(41)36-22-12-20(28(33,34)35)11-21(29)13-22/h4-6,11-13,19H,7-10,14-16H2,1-3H3,(H,36,41)/t19-,26-/m1/s1. The zero-order chi connectivity index (χ0) is 30.3. The van der Waals surface area contributed by atoms with E-state index >= 15 is 0 Å². The van der Waals surface area contributed by atoms with Crippen LogP contribution in [0.2, 0.25) is 0 Å². The van der Waals surface area contributed by atoms with E-state index in [1.54, 1.807) is 11.8 Å². The van der Waals surface area contributed by atoms with E-state index in [2.05, 4.69) is 5.32 Å². The lowest BCUT2D eigenvalue weighted by molar-refractivity contribution is -0.150. The third-order valence-corrected chi connectivity index (χ3v) is 7.92. The molecule has 2 fully saturated rings. The van der Waals surface area contributed by atoms with Crippen LogP contribution in [-0.2, 0) is 15.8 Å². The highest BCUT2D eigenvalue weighted by atomic mass is 19.4. The monoisotopic (exact) mass is 588 g/mol. The van der Waals surface area contributed by atoms with Gasteiger partial charge in [-0.3, -0.25) is 19.4 Å². The van der Waals surface area contributed by atoms with Crippen LogP contribution < -0.4 is 10.2 Å². The van der Waals surface area contributed by atoms with Crippen molar-refractivity contribution < 1.29 is 40.3 Å². The first-order valence-electron chi connectivity index (χ1n) is 13.1. The van der Waals surface area contributed by atoms with Crippen LogP contribution in [0, 0.1) is 31.0 Å². The topological polar surface area (TPSA) is 55.9 Å². The summed E-state index contributed by atoms with van der Waals surface area (Å²) in [5, 5.41) is 2.42. The van der Waals surface area contributed by atoms with Gasteiger partial charge in [-0.15, -0.1) is 0 Å². The fourth-order valence-electron chi connectivity index (χ4n) is 5.75. The molecule has 2 heterocycles. The summed E-state index contributed by atoms with van der Waals surface area (Å²) in [5.74, 6) is -3.28. The summed E-state index contributed by atoms with van der Waals surface area (Å²) in [6.45, 7) is 4.50. The second-order valence-electron chi connectivity index (χ2n) is 10.9. The number of carbonyl (C=O) groups is 2. The first-order valence-corrected chi connectivity index (χ1v) is 13.1. The van der Waals surface area contributed by atoms with Crippen molar-refractivity contribution in [3.05, 3.63) is 58.9 Å². The van der Waals surface area contributed by atoms with E-state index in [1.165, 1.54) is 9.80 Å². The molecular formula is C28H31F7N4O2. The second-order valence-corrected chi connectivity index (χ2v) is 10.9. The Bertz CT molecular complexity index is 1290. The summed E-state index contributed by atoms with van der Waals surface area (Å²) >= 11 is 0. The van der Waals surface area contributed by atoms with E-state index < -0.39 is 53.2 Å². The van der Waals surface area contributed by atoms with Gasteiger partial charge in [0.1, 0.15) is 5.82 Å². The summed E-state index contributed by atoms with van der Waals surface area (Å²) in [6.07, 6.45) is -9.22. The van der Waals surface area contributed by atoms with Crippen LogP contribution in [0.25, 0.3) is 0 Å². The molecule has 2 aromatic carbocycles. The minimum Gasteiger partial charge on any atom is -0.325 e. The summed E-state index contributed by atoms with van der Waals surface area (Å²) in [5.41, 5.74) is -1.02. The average Bonchev–Trinajstić information content (AvgIpc) is 3.09. The highest BCUT2D eigenvalue weighted by Crippen LogP contribution is 2.43. The molecule has 0 unspecified atom stereocenters. The van der Waals surface area contributed by atoms with Crippen LogP contribution in [0.5, 0.6) is 0 Å². The van der Waals surface area contributed by atoms with Crippen molar-refractivity contribution in [3.8, 4) is 0 Å². The fourth-order valence-corrected chi connectivity index (χ4v) is 5.75. The zero-order valence-electron chi connectivity index (χ0n) is 22.8. The van der Waals surface area contributed by atoms with Crippen molar-refractivity contribution in [2.24, 2.45) is 11.3 Å². The van der Waals surface area contributed by atoms with Crippen LogP contribution in [0.15, 0.2) is 36.4 Å². The molecule has 2 aliphatic heterocycles. The second kappa shape index (κ2) is 11.2. The van der Waals surface area contributed by atoms with Crippen LogP contribution in [0.3, 0.4) is 0 Å². The lowest BCUT2D eigenvalue weighted by Gasteiger charge is -2.40. The molecule has 0 saturated carbocycles. The number of alkyl halides is 6. The molecule has 2 aliphatic rings. The molecular weight excluding hydrogens is 557 g/mol. The van der Waals surface area contributed by atoms with E-state index in [9.17, 15) is 40.3 Å². The molecule has 2 aromatic rings. The third kappa shape index (κ3) is 6.66. The Morgan fingerprint density at radius 1 is 0.976 bits per heavy atom. The Morgan fingerprint density at radius 2 is 1.56 bits per heavy atom. The Morgan fingerprint density at radius 3 is 2.12 bits per heavy atom. The number of nitrogens with zero attached hydrogens (tertiary/aromatic N) is 3. The summed E-state index contributed by atoms with van der Waals surface area (Å²) in [6, 6.07) is 7.14. The van der Waals surface area contributed by atoms with Crippen molar-refractivity contribution in [2.45, 2.75) is 33.1 Å². The Hall–Kier alpha value is -3.19. The van der Waals surface area contributed by atoms with Gasteiger partial charge in [-0.25, -0.2) is 4.39 Å². The number of hydrogen-bond donors (Lipinski definition) is 1. The maximum absolute atomic E-state index is 14.1. The van der Waals surface area contributed by atoms with Crippen molar-refractivity contribution in [2.75, 3.05) is 56.0 Å². The molecule has 4 rings (SSSR count). The molecule has 13 heteroatoms. The van der Waals surface area contributed by atoms with Gasteiger partial charge in [-0.05, 0) is 43.2 Å². The Kier molecular flexibility index (Phi) is 8.43. The highest BCUT2D eigenvalue weighted by molar-refractivity contribution is 6.08. The van der Waals surface area contributed by atoms with E-state index in [0.29, 0.717) is 17.8 Å². The fraction of sp³-hybridized carbons (Fsp3) is 0.500. The van der Waals surface area contributed by atoms with Gasteiger partial charge in [-0.2, -0.15) is 26.3 Å². The Labute approximate surface area is 233 Å². The van der Waals surface area contributed by atoms with Crippen molar-refractivity contribution in [1.82, 2.24) is 9.80 Å². The molecule has 6 nitrogen and oxygen atoms in total. The molecule has 0 radical (unpaired) electrons. The maximum Gasteiger partial charge on any atom is 0.416 e. The molecule has 0 spiro atoms. The zero-order valence-corrected chi connectivity index (χ0v) is 22.8. The number of hydrogen-bond acceptors (Lipinski definition) is 4. The number of para-hydroxylation sites is 1. The summed E-state index contributed by atoms with van der Waals surface area (Å²) in [4.78, 5) is 32.1. The molecule has 2 atom stereocenters. The number of piperazine rings is 1. The summed E-state index contributed by atoms with van der Waals surface area (Å²) in [7, 11) is 0. The molecule has 224 valence electrons. The van der Waals surface area contributed by atoms with Crippen molar-refractivity contribution in [1.29, 1.82) is 0 Å². The van der Waals surface area contributed by atoms with Gasteiger partial charge >= 0.3 is 12.4 Å². The maximum atomic E-state index is 14.1. The van der Waals surface area contributed by atoms with Gasteiger partial charge in [-0.1, -0.05) is 25.1 Å². The van der Waals surface area contributed by atoms with E-state index in [-0.39, 0.29) is 45.2 Å². The first-order chi connectivity index (χ1) is 19.0. The molecule has 2 amide bonds. The number of aryl methyl sites for hydroxylation is 2. The molecule has 2 saturated heterocycles. The van der Waals surface area contributed by atoms with E-state index in [1.807, 2.05) is 32.0 Å². The number of nitrogens with one attached hydrogen (secondary N) is 1. The average molecular weight is 589 g/mol. The molecule has 0 aliphatic carbocycles. The van der Waals surface area contributed by atoms with Gasteiger partial charge in [0, 0.05) is 50.6 Å². The number of rotatable bonds is 6. The van der Waals surface area contributed by atoms with Gasteiger partial charge in [0.15, 0.2) is 0 Å². The number of anilines is 2. The van der Waals surface area contributed by atoms with Gasteiger partial charge < -0.3 is 10.2 Å². The smallest absolute Gasteiger partial charge is 0.325 e. The van der Waals surface area contributed by atoms with E-state index in [4.69, 9.17) is 0 Å². The van der Waals surface area contributed by atoms with Crippen LogP contribution in [0.1, 0.15) is 23.6 Å². The van der Waals surface area contributed by atoms with Crippen molar-refractivity contribution >= 4 is 23.2 Å². The largest absolute Gasteiger partial charge is 0.416 e. The highest BCUT2D eigenvalue weighted by Gasteiger charge is 2.56. The SMILES string of the molecule is Cc1cccc(C)c1N1C[C@@](CN2CCN(CC(F)(F)F)CC2)(C(=O)Nc2cc(F)cc(C(F)(F)F)c2)[C@H](C)C1=O. The number of amides is 2. The first kappa shape index (κ1) is 30.8. The summed E-state index contributed by atoms with van der Waals surface area (Å²) < 4.78 is 92.7. The van der Waals surface area contributed by atoms with Crippen LogP contribution >= 0.6 is 0 Å². The molecule has 0 bridgehead atoms. The van der Waals surface area contributed by atoms with E-state index in [0.717, 1.165) is 17.2 Å². The number of benzene rings is 2. The van der Waals surface area contributed by atoms with Crippen LogP contribution in [0.4, 0.5) is 42.1 Å². The van der Waals surface area contributed by atoms with Crippen LogP contribution in [-0.4, -0.2) is 73.6 Å². The minimum absolute atomic E-state index is 0.0333. The lowest BCUT2D eigenvalue weighted by atomic mass is 9.77. The molecule has 0 aromatic heterocycles. The van der Waals surface area contributed by atoms with Crippen molar-refractivity contribution in [3.63, 3.8) is 0 Å². The normalized spacial score (nSPS) is 22.8. The predicted molar refractivity (Wildman–Crippen MR) is 139 cm³/mol. The minimum atomic E-state index is -4.86. The number of carbonyl (C=O) groups excluding carboxylic acids is 2. The lowest BCUT2D eigenvalue weighted by Crippen LogP contribution is -2.56. The Balaban J connectivity index is 1.67. The van der Waals surface area contributed by atoms with Gasteiger partial charge in [0.25, 0.3) is 0 Å². The molecule has 41 heavy (non-hydrogen) atoms. The predicted octanol–water partition coefficient (Wildman–Crippen LogP) is 5.25. The number of halogens is 7. The molecule has 1 N–H and O–H groups in total. The van der Waals surface area contributed by atoms with Gasteiger partial charge in [0.05, 0.1) is 23.4 Å². The van der Waals surface area contributed by atoms with Gasteiger partial charge in [0.2, 0.25) is 11.8 Å². The third-order valence-electron chi connectivity index (χ3n) is 7.92. The quantitative estimate of drug-likeness (QED) is 0.469.